The predicted octanol–water partition coefficient (Wildman–Crippen LogP) is 0.830. The largest absolute Gasteiger partial charge is 0.439 e. The molecule has 21 heavy (non-hydrogen) atoms. The molecule has 1 heterocycles. The molecule has 2 rings (SSSR count). The van der Waals surface area contributed by atoms with Crippen LogP contribution in [-0.2, 0) is 9.53 Å². The molecule has 6 nitrogen and oxygen atoms in total. The molecule has 7 heteroatoms. The number of piperazine rings is 1. The minimum atomic E-state index is -0.489. The molecule has 0 aromatic heterocycles. The number of hydrogen-bond donors (Lipinski definition) is 1. The van der Waals surface area contributed by atoms with E-state index in [0.717, 1.165) is 5.69 Å². The number of nitrogens with one attached hydrogen (secondary N) is 1. The topological polar surface area (TPSA) is 61.9 Å². The number of hydrogen-bond acceptors (Lipinski definition) is 4. The zero-order valence-electron chi connectivity index (χ0n) is 11.8. The highest BCUT2D eigenvalue weighted by Crippen LogP contribution is 2.17. The van der Waals surface area contributed by atoms with Crippen molar-refractivity contribution in [1.29, 1.82) is 0 Å². The van der Waals surface area contributed by atoms with Gasteiger partial charge in [-0.1, -0.05) is 0 Å². The third-order valence-corrected chi connectivity index (χ3v) is 3.34. The number of carbonyl (C=O) groups excluding carboxylic acids is 2. The second-order valence-electron chi connectivity index (χ2n) is 4.68. The van der Waals surface area contributed by atoms with Crippen LogP contribution in [0.15, 0.2) is 24.3 Å². The van der Waals surface area contributed by atoms with E-state index in [1.807, 2.05) is 0 Å². The van der Waals surface area contributed by atoms with Crippen molar-refractivity contribution in [2.45, 2.75) is 0 Å². The Hall–Kier alpha value is -2.31. The summed E-state index contributed by atoms with van der Waals surface area (Å²) < 4.78 is 17.8. The first-order chi connectivity index (χ1) is 10.1. The molecule has 1 aliphatic heterocycles. The first kappa shape index (κ1) is 15.1. The average molecular weight is 295 g/mol. The Kier molecular flexibility index (Phi) is 4.97. The van der Waals surface area contributed by atoms with Gasteiger partial charge in [0.25, 0.3) is 5.91 Å². The highest BCUT2D eigenvalue weighted by atomic mass is 19.1. The van der Waals surface area contributed by atoms with Gasteiger partial charge in [-0.15, -0.1) is 0 Å². The fourth-order valence-corrected chi connectivity index (χ4v) is 2.09. The van der Waals surface area contributed by atoms with Gasteiger partial charge >= 0.3 is 6.09 Å². The number of halogens is 1. The van der Waals surface area contributed by atoms with Crippen LogP contribution in [0.2, 0.25) is 0 Å². The maximum Gasteiger partial charge on any atom is 0.410 e. The number of rotatable bonds is 3. The first-order valence-electron chi connectivity index (χ1n) is 6.73. The van der Waals surface area contributed by atoms with Crippen LogP contribution in [0, 0.1) is 5.82 Å². The summed E-state index contributed by atoms with van der Waals surface area (Å²) in [5.74, 6) is -0.608. The van der Waals surface area contributed by atoms with E-state index in [-0.39, 0.29) is 18.3 Å². The molecule has 0 aliphatic carbocycles. The Balaban J connectivity index is 1.81. The maximum absolute atomic E-state index is 12.9. The van der Waals surface area contributed by atoms with Gasteiger partial charge in [-0.05, 0) is 24.3 Å². The van der Waals surface area contributed by atoms with Gasteiger partial charge in [0, 0.05) is 38.9 Å². The van der Waals surface area contributed by atoms with Crippen LogP contribution in [0.5, 0.6) is 0 Å². The van der Waals surface area contributed by atoms with Crippen LogP contribution in [0.25, 0.3) is 0 Å². The van der Waals surface area contributed by atoms with Gasteiger partial charge in [0.2, 0.25) is 0 Å². The average Bonchev–Trinajstić information content (AvgIpc) is 2.53. The van der Waals surface area contributed by atoms with Crippen LogP contribution >= 0.6 is 0 Å². The smallest absolute Gasteiger partial charge is 0.410 e. The third-order valence-electron chi connectivity index (χ3n) is 3.34. The molecule has 1 aromatic carbocycles. The molecule has 1 saturated heterocycles. The summed E-state index contributed by atoms with van der Waals surface area (Å²) in [6, 6.07) is 6.27. The quantitative estimate of drug-likeness (QED) is 0.897. The van der Waals surface area contributed by atoms with Crippen LogP contribution in [0.3, 0.4) is 0 Å². The molecule has 0 spiro atoms. The molecule has 0 radical (unpaired) electrons. The standard InChI is InChI=1S/C14H18FN3O3/c1-16-13(19)10-21-14(20)18-8-6-17(7-9-18)12-4-2-11(15)3-5-12/h2-5H,6-10H2,1H3,(H,16,19). The normalized spacial score (nSPS) is 14.8. The minimum absolute atomic E-state index is 0.268. The molecular weight excluding hydrogens is 277 g/mol. The molecular formula is C14H18FN3O3. The van der Waals surface area contributed by atoms with E-state index in [2.05, 4.69) is 10.2 Å². The lowest BCUT2D eigenvalue weighted by molar-refractivity contribution is -0.123. The monoisotopic (exact) mass is 295 g/mol. The number of anilines is 1. The van der Waals surface area contributed by atoms with Crippen molar-refractivity contribution in [2.75, 3.05) is 44.7 Å². The summed E-state index contributed by atoms with van der Waals surface area (Å²) >= 11 is 0. The lowest BCUT2D eigenvalue weighted by Gasteiger charge is -2.35. The van der Waals surface area contributed by atoms with Crippen LogP contribution in [0.1, 0.15) is 0 Å². The van der Waals surface area contributed by atoms with E-state index < -0.39 is 6.09 Å². The second-order valence-corrected chi connectivity index (χ2v) is 4.68. The van der Waals surface area contributed by atoms with E-state index in [1.165, 1.54) is 19.2 Å². The minimum Gasteiger partial charge on any atom is -0.439 e. The fraction of sp³-hybridized carbons (Fsp3) is 0.429. The van der Waals surface area contributed by atoms with Gasteiger partial charge in [-0.3, -0.25) is 4.79 Å². The van der Waals surface area contributed by atoms with Crippen molar-refractivity contribution >= 4 is 17.7 Å². The van der Waals surface area contributed by atoms with Crippen molar-refractivity contribution in [2.24, 2.45) is 0 Å². The summed E-state index contributed by atoms with van der Waals surface area (Å²) in [5.41, 5.74) is 0.926. The number of ether oxygens (including phenoxy) is 1. The Morgan fingerprint density at radius 2 is 1.81 bits per heavy atom. The highest BCUT2D eigenvalue weighted by Gasteiger charge is 2.22. The maximum atomic E-state index is 12.9. The van der Waals surface area contributed by atoms with Crippen LogP contribution in [-0.4, -0.2) is 56.7 Å². The van der Waals surface area contributed by atoms with Crippen molar-refractivity contribution in [3.8, 4) is 0 Å². The number of carbonyl (C=O) groups is 2. The molecule has 0 unspecified atom stereocenters. The second kappa shape index (κ2) is 6.92. The molecule has 0 bridgehead atoms. The molecule has 1 fully saturated rings. The summed E-state index contributed by atoms with van der Waals surface area (Å²) in [5, 5.41) is 2.38. The molecule has 1 N–H and O–H groups in total. The van der Waals surface area contributed by atoms with Gasteiger partial charge in [0.05, 0.1) is 0 Å². The zero-order valence-corrected chi connectivity index (χ0v) is 11.8. The van der Waals surface area contributed by atoms with Gasteiger partial charge in [0.1, 0.15) is 5.82 Å². The van der Waals surface area contributed by atoms with Gasteiger partial charge < -0.3 is 19.9 Å². The molecule has 1 aromatic rings. The Morgan fingerprint density at radius 1 is 1.19 bits per heavy atom. The number of benzene rings is 1. The Labute approximate surface area is 122 Å². The summed E-state index contributed by atoms with van der Waals surface area (Å²) in [6.07, 6.45) is -0.489. The van der Waals surface area contributed by atoms with Crippen molar-refractivity contribution in [3.05, 3.63) is 30.1 Å². The SMILES string of the molecule is CNC(=O)COC(=O)N1CCN(c2ccc(F)cc2)CC1. The van der Waals surface area contributed by atoms with Crippen molar-refractivity contribution < 1.29 is 18.7 Å². The fourth-order valence-electron chi connectivity index (χ4n) is 2.09. The van der Waals surface area contributed by atoms with Crippen molar-refractivity contribution in [1.82, 2.24) is 10.2 Å². The molecule has 114 valence electrons. The lowest BCUT2D eigenvalue weighted by atomic mass is 10.2. The first-order valence-corrected chi connectivity index (χ1v) is 6.73. The predicted molar refractivity (Wildman–Crippen MR) is 75.6 cm³/mol. The summed E-state index contributed by atoms with van der Waals surface area (Å²) in [7, 11) is 1.48. The number of nitrogens with zero attached hydrogens (tertiary/aromatic N) is 2. The third kappa shape index (κ3) is 4.08. The van der Waals surface area contributed by atoms with E-state index >= 15 is 0 Å². The van der Waals surface area contributed by atoms with Crippen LogP contribution < -0.4 is 10.2 Å². The molecule has 2 amide bonds. The number of likely N-dealkylation sites (N-methyl/N-ethyl adjacent to an activating group) is 1. The number of amides is 2. The Morgan fingerprint density at radius 3 is 2.38 bits per heavy atom. The molecule has 0 saturated carbocycles. The van der Waals surface area contributed by atoms with E-state index in [1.54, 1.807) is 17.0 Å². The highest BCUT2D eigenvalue weighted by molar-refractivity contribution is 5.79. The van der Waals surface area contributed by atoms with Crippen molar-refractivity contribution in [3.63, 3.8) is 0 Å². The lowest BCUT2D eigenvalue weighted by Crippen LogP contribution is -2.49. The zero-order chi connectivity index (χ0) is 15.2. The van der Waals surface area contributed by atoms with Gasteiger partial charge in [0.15, 0.2) is 6.61 Å². The van der Waals surface area contributed by atoms with E-state index in [0.29, 0.717) is 26.2 Å². The van der Waals surface area contributed by atoms with E-state index in [9.17, 15) is 14.0 Å². The molecule has 0 atom stereocenters. The Bertz CT molecular complexity index is 499. The van der Waals surface area contributed by atoms with Crippen LogP contribution in [0.4, 0.5) is 14.9 Å². The van der Waals surface area contributed by atoms with Gasteiger partial charge in [-0.25, -0.2) is 9.18 Å². The van der Waals surface area contributed by atoms with Gasteiger partial charge in [-0.2, -0.15) is 0 Å². The van der Waals surface area contributed by atoms with E-state index in [4.69, 9.17) is 4.74 Å². The summed E-state index contributed by atoms with van der Waals surface area (Å²) in [6.45, 7) is 2.02. The summed E-state index contributed by atoms with van der Waals surface area (Å²) in [4.78, 5) is 26.4. The molecule has 1 aliphatic rings.